The number of piperidine rings is 1. The van der Waals surface area contributed by atoms with E-state index in [1.54, 1.807) is 4.90 Å². The standard InChI is InChI=1S/C21H34N4O5/c1-20(2,3)30-19(29)22-15-7-12-24(13-8-15)16(26)9-14-25-17(27)21(23-18(25)28)10-5-4-6-11-21/h15H,4-14H2,1-3H3,(H,22,29)(H,23,28). The molecule has 5 amide bonds. The van der Waals surface area contributed by atoms with Crippen LogP contribution in [0.5, 0.6) is 0 Å². The highest BCUT2D eigenvalue weighted by molar-refractivity contribution is 6.07. The van der Waals surface area contributed by atoms with Gasteiger partial charge in [0.05, 0.1) is 0 Å². The normalized spacial score (nSPS) is 22.2. The molecule has 0 aromatic heterocycles. The summed E-state index contributed by atoms with van der Waals surface area (Å²) in [5.74, 6) is -0.254. The Morgan fingerprint density at radius 2 is 1.77 bits per heavy atom. The summed E-state index contributed by atoms with van der Waals surface area (Å²) >= 11 is 0. The SMILES string of the molecule is CC(C)(C)OC(=O)NC1CCN(C(=O)CCN2C(=O)NC3(CCCCC3)C2=O)CC1. The molecule has 1 aliphatic carbocycles. The molecule has 0 bridgehead atoms. The number of amides is 5. The molecule has 30 heavy (non-hydrogen) atoms. The zero-order chi connectivity index (χ0) is 21.9. The molecule has 168 valence electrons. The molecule has 0 unspecified atom stereocenters. The van der Waals surface area contributed by atoms with E-state index in [0.717, 1.165) is 19.3 Å². The number of alkyl carbamates (subject to hydrolysis) is 1. The van der Waals surface area contributed by atoms with Gasteiger partial charge in [0.2, 0.25) is 5.91 Å². The Morgan fingerprint density at radius 3 is 2.37 bits per heavy atom. The number of likely N-dealkylation sites (tertiary alicyclic amines) is 1. The fraction of sp³-hybridized carbons (Fsp3) is 0.810. The molecular weight excluding hydrogens is 388 g/mol. The molecule has 9 heteroatoms. The smallest absolute Gasteiger partial charge is 0.407 e. The van der Waals surface area contributed by atoms with Crippen LogP contribution in [-0.2, 0) is 14.3 Å². The Hall–Kier alpha value is -2.32. The summed E-state index contributed by atoms with van der Waals surface area (Å²) in [7, 11) is 0. The third-order valence-electron chi connectivity index (χ3n) is 6.07. The van der Waals surface area contributed by atoms with Gasteiger partial charge < -0.3 is 20.3 Å². The molecule has 9 nitrogen and oxygen atoms in total. The Morgan fingerprint density at radius 1 is 1.13 bits per heavy atom. The van der Waals surface area contributed by atoms with Crippen LogP contribution in [0.15, 0.2) is 0 Å². The lowest BCUT2D eigenvalue weighted by molar-refractivity contribution is -0.134. The zero-order valence-electron chi connectivity index (χ0n) is 18.3. The van der Waals surface area contributed by atoms with Gasteiger partial charge in [-0.15, -0.1) is 0 Å². The van der Waals surface area contributed by atoms with E-state index in [4.69, 9.17) is 4.74 Å². The van der Waals surface area contributed by atoms with Crippen molar-refractivity contribution in [2.45, 2.75) is 89.3 Å². The Bertz CT molecular complexity index is 688. The highest BCUT2D eigenvalue weighted by Crippen LogP contribution is 2.33. The number of nitrogens with zero attached hydrogens (tertiary/aromatic N) is 2. The van der Waals surface area contributed by atoms with Gasteiger partial charge in [-0.2, -0.15) is 0 Å². The van der Waals surface area contributed by atoms with Crippen LogP contribution < -0.4 is 10.6 Å². The molecule has 3 rings (SSSR count). The van der Waals surface area contributed by atoms with Crippen molar-refractivity contribution < 1.29 is 23.9 Å². The molecule has 3 aliphatic rings. The third-order valence-corrected chi connectivity index (χ3v) is 6.07. The maximum Gasteiger partial charge on any atom is 0.407 e. The van der Waals surface area contributed by atoms with Crippen LogP contribution >= 0.6 is 0 Å². The van der Waals surface area contributed by atoms with E-state index in [1.807, 2.05) is 20.8 Å². The van der Waals surface area contributed by atoms with Gasteiger partial charge in [0.15, 0.2) is 0 Å². The highest BCUT2D eigenvalue weighted by Gasteiger charge is 2.51. The summed E-state index contributed by atoms with van der Waals surface area (Å²) in [6, 6.07) is -0.407. The minimum Gasteiger partial charge on any atom is -0.444 e. The predicted molar refractivity (Wildman–Crippen MR) is 110 cm³/mol. The summed E-state index contributed by atoms with van der Waals surface area (Å²) < 4.78 is 5.27. The van der Waals surface area contributed by atoms with Crippen molar-refractivity contribution in [3.8, 4) is 0 Å². The number of carbonyl (C=O) groups excluding carboxylic acids is 4. The lowest BCUT2D eigenvalue weighted by atomic mass is 9.82. The largest absolute Gasteiger partial charge is 0.444 e. The van der Waals surface area contributed by atoms with Crippen LogP contribution in [-0.4, -0.2) is 70.6 Å². The summed E-state index contributed by atoms with van der Waals surface area (Å²) in [5, 5.41) is 5.72. The molecular formula is C21H34N4O5. The van der Waals surface area contributed by atoms with Gasteiger partial charge in [0, 0.05) is 32.1 Å². The molecule has 3 fully saturated rings. The second kappa shape index (κ2) is 8.81. The number of urea groups is 1. The average molecular weight is 423 g/mol. The lowest BCUT2D eigenvalue weighted by Gasteiger charge is -2.33. The average Bonchev–Trinajstić information content (AvgIpc) is 2.89. The fourth-order valence-electron chi connectivity index (χ4n) is 4.49. The molecule has 2 N–H and O–H groups in total. The van der Waals surface area contributed by atoms with Gasteiger partial charge in [-0.3, -0.25) is 14.5 Å². The van der Waals surface area contributed by atoms with Gasteiger partial charge in [-0.05, 0) is 46.5 Å². The number of carbonyl (C=O) groups is 4. The summed E-state index contributed by atoms with van der Waals surface area (Å²) in [4.78, 5) is 52.5. The lowest BCUT2D eigenvalue weighted by Crippen LogP contribution is -2.49. The van der Waals surface area contributed by atoms with Crippen LogP contribution in [0.3, 0.4) is 0 Å². The van der Waals surface area contributed by atoms with Crippen molar-refractivity contribution in [3.05, 3.63) is 0 Å². The van der Waals surface area contributed by atoms with E-state index in [9.17, 15) is 19.2 Å². The first kappa shape index (κ1) is 22.4. The van der Waals surface area contributed by atoms with Crippen LogP contribution in [0.1, 0.15) is 72.1 Å². The molecule has 0 atom stereocenters. The molecule has 1 spiro atoms. The Kier molecular flexibility index (Phi) is 6.57. The van der Waals surface area contributed by atoms with E-state index in [-0.39, 0.29) is 36.9 Å². The summed E-state index contributed by atoms with van der Waals surface area (Å²) in [6.07, 6.45) is 5.30. The second-order valence-corrected chi connectivity index (χ2v) is 9.58. The van der Waals surface area contributed by atoms with E-state index < -0.39 is 17.2 Å². The van der Waals surface area contributed by atoms with Crippen LogP contribution in [0.25, 0.3) is 0 Å². The molecule has 0 aromatic rings. The van der Waals surface area contributed by atoms with E-state index in [1.165, 1.54) is 4.90 Å². The first-order chi connectivity index (χ1) is 14.1. The first-order valence-corrected chi connectivity index (χ1v) is 11.0. The monoisotopic (exact) mass is 422 g/mol. The van der Waals surface area contributed by atoms with Crippen LogP contribution in [0.2, 0.25) is 0 Å². The van der Waals surface area contributed by atoms with Gasteiger partial charge in [-0.25, -0.2) is 9.59 Å². The van der Waals surface area contributed by atoms with Crippen molar-refractivity contribution in [2.75, 3.05) is 19.6 Å². The summed E-state index contributed by atoms with van der Waals surface area (Å²) in [5.41, 5.74) is -1.29. The van der Waals surface area contributed by atoms with Crippen molar-refractivity contribution >= 4 is 23.9 Å². The topological polar surface area (TPSA) is 108 Å². The number of hydrogen-bond donors (Lipinski definition) is 2. The maximum atomic E-state index is 12.8. The number of ether oxygens (including phenoxy) is 1. The van der Waals surface area contributed by atoms with Crippen LogP contribution in [0.4, 0.5) is 9.59 Å². The maximum absolute atomic E-state index is 12.8. The van der Waals surface area contributed by atoms with Gasteiger partial charge >= 0.3 is 12.1 Å². The predicted octanol–water partition coefficient (Wildman–Crippen LogP) is 2.15. The number of imide groups is 1. The third kappa shape index (κ3) is 5.23. The molecule has 2 aliphatic heterocycles. The first-order valence-electron chi connectivity index (χ1n) is 11.0. The van der Waals surface area contributed by atoms with E-state index >= 15 is 0 Å². The van der Waals surface area contributed by atoms with Crippen molar-refractivity contribution in [3.63, 3.8) is 0 Å². The van der Waals surface area contributed by atoms with Gasteiger partial charge in [0.25, 0.3) is 5.91 Å². The molecule has 2 saturated heterocycles. The van der Waals surface area contributed by atoms with Crippen LogP contribution in [0, 0.1) is 0 Å². The molecule has 1 saturated carbocycles. The molecule has 0 radical (unpaired) electrons. The van der Waals surface area contributed by atoms with Gasteiger partial charge in [0.1, 0.15) is 11.1 Å². The van der Waals surface area contributed by atoms with Crippen molar-refractivity contribution in [1.82, 2.24) is 20.4 Å². The second-order valence-electron chi connectivity index (χ2n) is 9.58. The minimum atomic E-state index is -0.746. The minimum absolute atomic E-state index is 0.0269. The highest BCUT2D eigenvalue weighted by atomic mass is 16.6. The van der Waals surface area contributed by atoms with E-state index in [0.29, 0.717) is 38.8 Å². The Balaban J connectivity index is 1.42. The number of rotatable bonds is 4. The van der Waals surface area contributed by atoms with Crippen molar-refractivity contribution in [2.24, 2.45) is 0 Å². The quantitative estimate of drug-likeness (QED) is 0.675. The van der Waals surface area contributed by atoms with E-state index in [2.05, 4.69) is 10.6 Å². The number of nitrogens with one attached hydrogen (secondary N) is 2. The molecule has 0 aromatic carbocycles. The molecule has 2 heterocycles. The zero-order valence-corrected chi connectivity index (χ0v) is 18.3. The summed E-state index contributed by atoms with van der Waals surface area (Å²) in [6.45, 7) is 6.62. The van der Waals surface area contributed by atoms with Crippen molar-refractivity contribution in [1.29, 1.82) is 0 Å². The fourth-order valence-corrected chi connectivity index (χ4v) is 4.49. The number of hydrogen-bond acceptors (Lipinski definition) is 5. The Labute approximate surface area is 177 Å². The van der Waals surface area contributed by atoms with Gasteiger partial charge in [-0.1, -0.05) is 19.3 Å².